The molecule has 0 saturated carbocycles. The number of nitrogens with one attached hydrogen (secondary N) is 1. The molecule has 0 aliphatic rings. The van der Waals surface area contributed by atoms with Crippen LogP contribution >= 0.6 is 23.2 Å². The number of benzene rings is 2. The van der Waals surface area contributed by atoms with Crippen LogP contribution in [-0.4, -0.2) is 12.5 Å². The molecule has 2 aromatic rings. The molecule has 0 aromatic heterocycles. The van der Waals surface area contributed by atoms with Gasteiger partial charge in [0.1, 0.15) is 10.8 Å². The van der Waals surface area contributed by atoms with E-state index in [-0.39, 0.29) is 12.5 Å². The van der Waals surface area contributed by atoms with E-state index in [0.717, 1.165) is 16.8 Å². The summed E-state index contributed by atoms with van der Waals surface area (Å²) in [5, 5.41) is 3.51. The van der Waals surface area contributed by atoms with Gasteiger partial charge in [0.25, 0.3) is 5.91 Å². The quantitative estimate of drug-likeness (QED) is 0.890. The fourth-order valence-electron chi connectivity index (χ4n) is 1.81. The fraction of sp³-hybridized carbons (Fsp3) is 0.188. The smallest absolute Gasteiger partial charge is 0.262 e. The summed E-state index contributed by atoms with van der Waals surface area (Å²) in [6.45, 7) is 3.82. The first-order chi connectivity index (χ1) is 9.99. The number of rotatable bonds is 4. The second-order valence-electron chi connectivity index (χ2n) is 4.64. The molecular formula is C16H15Cl2NO2. The number of carbonyl (C=O) groups excluding carboxylic acids is 1. The average molecular weight is 324 g/mol. The highest BCUT2D eigenvalue weighted by Crippen LogP contribution is 2.31. The minimum atomic E-state index is -0.250. The van der Waals surface area contributed by atoms with Crippen LogP contribution in [0.15, 0.2) is 36.4 Å². The van der Waals surface area contributed by atoms with E-state index >= 15 is 0 Å². The summed E-state index contributed by atoms with van der Waals surface area (Å²) < 4.78 is 5.39. The van der Waals surface area contributed by atoms with Gasteiger partial charge in [0.2, 0.25) is 0 Å². The summed E-state index contributed by atoms with van der Waals surface area (Å²) in [4.78, 5) is 11.9. The number of halogens is 2. The molecule has 0 fully saturated rings. The van der Waals surface area contributed by atoms with Gasteiger partial charge in [0.05, 0.1) is 5.02 Å². The van der Waals surface area contributed by atoms with Crippen LogP contribution in [0.3, 0.4) is 0 Å². The zero-order chi connectivity index (χ0) is 15.4. The van der Waals surface area contributed by atoms with Crippen molar-refractivity contribution in [3.8, 4) is 5.75 Å². The number of amides is 1. The zero-order valence-electron chi connectivity index (χ0n) is 11.7. The molecule has 0 heterocycles. The Morgan fingerprint density at radius 2 is 1.86 bits per heavy atom. The van der Waals surface area contributed by atoms with E-state index in [4.69, 9.17) is 27.9 Å². The van der Waals surface area contributed by atoms with Gasteiger partial charge in [0.15, 0.2) is 6.61 Å². The second-order valence-corrected chi connectivity index (χ2v) is 5.42. The number of aryl methyl sites for hydroxylation is 1. The lowest BCUT2D eigenvalue weighted by Crippen LogP contribution is -2.20. The summed E-state index contributed by atoms with van der Waals surface area (Å²) in [6.07, 6.45) is 0. The van der Waals surface area contributed by atoms with Gasteiger partial charge in [0, 0.05) is 5.69 Å². The highest BCUT2D eigenvalue weighted by atomic mass is 35.5. The predicted molar refractivity (Wildman–Crippen MR) is 86.5 cm³/mol. The maximum atomic E-state index is 11.9. The third kappa shape index (κ3) is 3.90. The van der Waals surface area contributed by atoms with Crippen LogP contribution in [0.4, 0.5) is 5.69 Å². The van der Waals surface area contributed by atoms with Gasteiger partial charge in [-0.15, -0.1) is 0 Å². The van der Waals surface area contributed by atoms with Crippen molar-refractivity contribution < 1.29 is 9.53 Å². The molecule has 0 spiro atoms. The number of ether oxygens (including phenoxy) is 1. The van der Waals surface area contributed by atoms with Crippen molar-refractivity contribution in [1.82, 2.24) is 0 Å². The van der Waals surface area contributed by atoms with Crippen molar-refractivity contribution in [3.05, 3.63) is 57.6 Å². The van der Waals surface area contributed by atoms with E-state index in [9.17, 15) is 4.79 Å². The summed E-state index contributed by atoms with van der Waals surface area (Å²) in [7, 11) is 0. The molecule has 0 saturated heterocycles. The van der Waals surface area contributed by atoms with Crippen molar-refractivity contribution in [2.24, 2.45) is 0 Å². The van der Waals surface area contributed by atoms with Crippen LogP contribution in [0.2, 0.25) is 10.0 Å². The third-order valence-corrected chi connectivity index (χ3v) is 3.96. The summed E-state index contributed by atoms with van der Waals surface area (Å²) in [5.74, 6) is 0.139. The SMILES string of the molecule is Cc1cccc(NC(=O)COc2cccc(Cl)c2Cl)c1C. The van der Waals surface area contributed by atoms with Gasteiger partial charge >= 0.3 is 0 Å². The molecule has 0 atom stereocenters. The summed E-state index contributed by atoms with van der Waals surface area (Å²) >= 11 is 11.9. The van der Waals surface area contributed by atoms with Crippen LogP contribution in [0, 0.1) is 13.8 Å². The van der Waals surface area contributed by atoms with Gasteiger partial charge < -0.3 is 10.1 Å². The fourth-order valence-corrected chi connectivity index (χ4v) is 2.16. The molecule has 1 N–H and O–H groups in total. The Bertz CT molecular complexity index is 671. The van der Waals surface area contributed by atoms with Crippen LogP contribution in [-0.2, 0) is 4.79 Å². The molecule has 5 heteroatoms. The van der Waals surface area contributed by atoms with Crippen molar-refractivity contribution in [3.63, 3.8) is 0 Å². The molecule has 0 bridgehead atoms. The first-order valence-corrected chi connectivity index (χ1v) is 7.17. The molecule has 0 unspecified atom stereocenters. The highest BCUT2D eigenvalue weighted by Gasteiger charge is 2.09. The van der Waals surface area contributed by atoms with E-state index in [1.807, 2.05) is 32.0 Å². The Kier molecular flexibility index (Phi) is 5.10. The maximum Gasteiger partial charge on any atom is 0.262 e. The highest BCUT2D eigenvalue weighted by molar-refractivity contribution is 6.42. The normalized spacial score (nSPS) is 10.3. The van der Waals surface area contributed by atoms with E-state index < -0.39 is 0 Å². The zero-order valence-corrected chi connectivity index (χ0v) is 13.3. The van der Waals surface area contributed by atoms with Crippen molar-refractivity contribution >= 4 is 34.8 Å². The minimum Gasteiger partial charge on any atom is -0.482 e. The van der Waals surface area contributed by atoms with Gasteiger partial charge in [-0.25, -0.2) is 0 Å². The molecule has 1 amide bonds. The van der Waals surface area contributed by atoms with Gasteiger partial charge in [-0.3, -0.25) is 4.79 Å². The lowest BCUT2D eigenvalue weighted by atomic mass is 10.1. The Morgan fingerprint density at radius 1 is 1.14 bits per heavy atom. The second kappa shape index (κ2) is 6.83. The van der Waals surface area contributed by atoms with Gasteiger partial charge in [-0.05, 0) is 43.2 Å². The van der Waals surface area contributed by atoms with Crippen LogP contribution in [0.25, 0.3) is 0 Å². The molecule has 0 aliphatic heterocycles. The first-order valence-electron chi connectivity index (χ1n) is 6.42. The number of carbonyl (C=O) groups is 1. The number of hydrogen-bond acceptors (Lipinski definition) is 2. The Labute approximate surface area is 133 Å². The monoisotopic (exact) mass is 323 g/mol. The van der Waals surface area contributed by atoms with Crippen molar-refractivity contribution in [2.45, 2.75) is 13.8 Å². The summed E-state index contributed by atoms with van der Waals surface area (Å²) in [6, 6.07) is 10.8. The Hall–Kier alpha value is -1.71. The topological polar surface area (TPSA) is 38.3 Å². The Morgan fingerprint density at radius 3 is 2.62 bits per heavy atom. The van der Waals surface area contributed by atoms with Crippen molar-refractivity contribution in [2.75, 3.05) is 11.9 Å². The third-order valence-electron chi connectivity index (χ3n) is 3.15. The van der Waals surface area contributed by atoms with Gasteiger partial charge in [-0.1, -0.05) is 41.4 Å². The largest absolute Gasteiger partial charge is 0.482 e. The molecule has 0 aliphatic carbocycles. The molecule has 0 radical (unpaired) electrons. The molecule has 2 rings (SSSR count). The van der Waals surface area contributed by atoms with E-state index in [0.29, 0.717) is 15.8 Å². The predicted octanol–water partition coefficient (Wildman–Crippen LogP) is 4.63. The maximum absolute atomic E-state index is 11.9. The minimum absolute atomic E-state index is 0.132. The van der Waals surface area contributed by atoms with E-state index in [1.54, 1.807) is 18.2 Å². The lowest BCUT2D eigenvalue weighted by Gasteiger charge is -2.12. The van der Waals surface area contributed by atoms with Crippen LogP contribution < -0.4 is 10.1 Å². The average Bonchev–Trinajstić information content (AvgIpc) is 2.45. The Balaban J connectivity index is 1.99. The van der Waals surface area contributed by atoms with E-state index in [2.05, 4.69) is 5.32 Å². The number of anilines is 1. The first kappa shape index (κ1) is 15.7. The van der Waals surface area contributed by atoms with Gasteiger partial charge in [-0.2, -0.15) is 0 Å². The van der Waals surface area contributed by atoms with Crippen molar-refractivity contribution in [1.29, 1.82) is 0 Å². The molecule has 3 nitrogen and oxygen atoms in total. The lowest BCUT2D eigenvalue weighted by molar-refractivity contribution is -0.118. The molecular weight excluding hydrogens is 309 g/mol. The van der Waals surface area contributed by atoms with E-state index in [1.165, 1.54) is 0 Å². The molecule has 2 aromatic carbocycles. The molecule has 21 heavy (non-hydrogen) atoms. The number of hydrogen-bond donors (Lipinski definition) is 1. The van der Waals surface area contributed by atoms with Crippen LogP contribution in [0.1, 0.15) is 11.1 Å². The molecule has 110 valence electrons. The standard InChI is InChI=1S/C16H15Cl2NO2/c1-10-5-3-7-13(11(10)2)19-15(20)9-21-14-8-4-6-12(17)16(14)18/h3-8H,9H2,1-2H3,(H,19,20). The summed E-state index contributed by atoms with van der Waals surface area (Å²) in [5.41, 5.74) is 2.93. The van der Waals surface area contributed by atoms with Crippen LogP contribution in [0.5, 0.6) is 5.75 Å².